The van der Waals surface area contributed by atoms with Crippen molar-refractivity contribution in [2.75, 3.05) is 0 Å². The number of ether oxygens (including phenoxy) is 1. The van der Waals surface area contributed by atoms with Crippen LogP contribution in [0.1, 0.15) is 51.6 Å². The van der Waals surface area contributed by atoms with Crippen molar-refractivity contribution < 1.29 is 14.3 Å². The van der Waals surface area contributed by atoms with Gasteiger partial charge in [-0.2, -0.15) is 0 Å². The molecule has 0 aromatic heterocycles. The van der Waals surface area contributed by atoms with E-state index >= 15 is 0 Å². The average molecular weight is 275 g/mol. The maximum absolute atomic E-state index is 12.3. The zero-order valence-electron chi connectivity index (χ0n) is 12.3. The molecule has 2 amide bonds. The van der Waals surface area contributed by atoms with Gasteiger partial charge in [-0.25, -0.2) is 9.69 Å². The van der Waals surface area contributed by atoms with Crippen LogP contribution in [-0.2, 0) is 9.53 Å². The Morgan fingerprint density at radius 1 is 1.25 bits per heavy atom. The molecule has 1 aromatic rings. The standard InChI is InChI=1S/C16H21NO3/c1-16(2,3)20-15(19)17-13(10-7-11-14(17)18)12-8-5-4-6-9-12/h4-6,8-9,13H,7,10-11H2,1-3H3. The molecule has 1 unspecified atom stereocenters. The van der Waals surface area contributed by atoms with Gasteiger partial charge in [-0.15, -0.1) is 0 Å². The molecule has 0 N–H and O–H groups in total. The molecule has 1 saturated heterocycles. The fraction of sp³-hybridized carbons (Fsp3) is 0.500. The molecule has 0 bridgehead atoms. The highest BCUT2D eigenvalue weighted by Gasteiger charge is 2.36. The number of hydrogen-bond donors (Lipinski definition) is 0. The third kappa shape index (κ3) is 3.38. The number of likely N-dealkylation sites (tertiary alicyclic amines) is 1. The molecule has 2 rings (SSSR count). The van der Waals surface area contributed by atoms with Gasteiger partial charge in [-0.3, -0.25) is 4.79 Å². The highest BCUT2D eigenvalue weighted by Crippen LogP contribution is 2.32. The van der Waals surface area contributed by atoms with Gasteiger partial charge >= 0.3 is 6.09 Å². The largest absolute Gasteiger partial charge is 0.443 e. The first-order chi connectivity index (χ1) is 9.38. The molecule has 1 heterocycles. The number of amides is 2. The van der Waals surface area contributed by atoms with Crippen LogP contribution in [0.2, 0.25) is 0 Å². The molecule has 0 radical (unpaired) electrons. The van der Waals surface area contributed by atoms with E-state index in [2.05, 4.69) is 0 Å². The first kappa shape index (κ1) is 14.6. The number of benzene rings is 1. The van der Waals surface area contributed by atoms with E-state index in [1.165, 1.54) is 4.90 Å². The lowest BCUT2D eigenvalue weighted by molar-refractivity contribution is -0.135. The summed E-state index contributed by atoms with van der Waals surface area (Å²) in [6.45, 7) is 5.41. The first-order valence-electron chi connectivity index (χ1n) is 6.98. The quantitative estimate of drug-likeness (QED) is 0.785. The Labute approximate surface area is 119 Å². The predicted molar refractivity (Wildman–Crippen MR) is 76.1 cm³/mol. The van der Waals surface area contributed by atoms with Crippen molar-refractivity contribution in [3.63, 3.8) is 0 Å². The Morgan fingerprint density at radius 3 is 2.50 bits per heavy atom. The summed E-state index contributed by atoms with van der Waals surface area (Å²) in [4.78, 5) is 25.7. The van der Waals surface area contributed by atoms with Crippen LogP contribution >= 0.6 is 0 Å². The highest BCUT2D eigenvalue weighted by atomic mass is 16.6. The second kappa shape index (κ2) is 5.65. The molecule has 4 heteroatoms. The van der Waals surface area contributed by atoms with Crippen LogP contribution < -0.4 is 0 Å². The summed E-state index contributed by atoms with van der Waals surface area (Å²) >= 11 is 0. The lowest BCUT2D eigenvalue weighted by Crippen LogP contribution is -2.45. The smallest absolute Gasteiger partial charge is 0.417 e. The van der Waals surface area contributed by atoms with Crippen LogP contribution in [0.5, 0.6) is 0 Å². The molecular weight excluding hydrogens is 254 g/mol. The van der Waals surface area contributed by atoms with Gasteiger partial charge in [0.05, 0.1) is 6.04 Å². The Morgan fingerprint density at radius 2 is 1.90 bits per heavy atom. The van der Waals surface area contributed by atoms with Crippen molar-refractivity contribution >= 4 is 12.0 Å². The fourth-order valence-corrected chi connectivity index (χ4v) is 2.40. The van der Waals surface area contributed by atoms with Crippen LogP contribution in [0.3, 0.4) is 0 Å². The van der Waals surface area contributed by atoms with Gasteiger partial charge in [0, 0.05) is 6.42 Å². The zero-order chi connectivity index (χ0) is 14.8. The van der Waals surface area contributed by atoms with Gasteiger partial charge in [0.1, 0.15) is 5.60 Å². The number of carbonyl (C=O) groups excluding carboxylic acids is 2. The number of carbonyl (C=O) groups is 2. The van der Waals surface area contributed by atoms with Gasteiger partial charge in [0.2, 0.25) is 5.91 Å². The monoisotopic (exact) mass is 275 g/mol. The molecule has 0 saturated carbocycles. The van der Waals surface area contributed by atoms with Crippen molar-refractivity contribution in [2.45, 2.75) is 51.7 Å². The summed E-state index contributed by atoms with van der Waals surface area (Å²) in [5.41, 5.74) is 0.377. The Kier molecular flexibility index (Phi) is 4.12. The molecule has 20 heavy (non-hydrogen) atoms. The van der Waals surface area contributed by atoms with E-state index in [0.717, 1.165) is 18.4 Å². The van der Waals surface area contributed by atoms with Crippen LogP contribution in [0.15, 0.2) is 30.3 Å². The molecule has 1 aliphatic rings. The average Bonchev–Trinajstić information content (AvgIpc) is 2.37. The summed E-state index contributed by atoms with van der Waals surface area (Å²) < 4.78 is 5.37. The molecule has 1 fully saturated rings. The summed E-state index contributed by atoms with van der Waals surface area (Å²) in [7, 11) is 0. The SMILES string of the molecule is CC(C)(C)OC(=O)N1C(=O)CCCC1c1ccccc1. The summed E-state index contributed by atoms with van der Waals surface area (Å²) in [5.74, 6) is -0.153. The van der Waals surface area contributed by atoms with E-state index in [-0.39, 0.29) is 11.9 Å². The van der Waals surface area contributed by atoms with E-state index in [9.17, 15) is 9.59 Å². The molecule has 0 aliphatic carbocycles. The van der Waals surface area contributed by atoms with E-state index < -0.39 is 11.7 Å². The normalized spacial score (nSPS) is 19.9. The minimum Gasteiger partial charge on any atom is -0.443 e. The lowest BCUT2D eigenvalue weighted by Gasteiger charge is -2.35. The Bertz CT molecular complexity index is 490. The highest BCUT2D eigenvalue weighted by molar-refractivity contribution is 5.93. The maximum atomic E-state index is 12.3. The van der Waals surface area contributed by atoms with Gasteiger partial charge < -0.3 is 4.74 Å². The molecule has 1 aromatic carbocycles. The summed E-state index contributed by atoms with van der Waals surface area (Å²) in [5, 5.41) is 0. The van der Waals surface area contributed by atoms with E-state index in [4.69, 9.17) is 4.74 Å². The van der Waals surface area contributed by atoms with E-state index in [1.807, 2.05) is 30.3 Å². The predicted octanol–water partition coefficient (Wildman–Crippen LogP) is 3.68. The van der Waals surface area contributed by atoms with Gasteiger partial charge in [-0.05, 0) is 39.2 Å². The van der Waals surface area contributed by atoms with Crippen molar-refractivity contribution in [1.82, 2.24) is 4.90 Å². The van der Waals surface area contributed by atoms with Crippen molar-refractivity contribution in [2.24, 2.45) is 0 Å². The number of rotatable bonds is 1. The fourth-order valence-electron chi connectivity index (χ4n) is 2.40. The molecule has 1 atom stereocenters. The summed E-state index contributed by atoms with van der Waals surface area (Å²) in [6.07, 6.45) is 1.45. The lowest BCUT2D eigenvalue weighted by atomic mass is 9.95. The topological polar surface area (TPSA) is 46.6 Å². The van der Waals surface area contributed by atoms with Crippen molar-refractivity contribution in [3.05, 3.63) is 35.9 Å². The third-order valence-corrected chi connectivity index (χ3v) is 3.22. The molecule has 108 valence electrons. The molecular formula is C16H21NO3. The van der Waals surface area contributed by atoms with Crippen LogP contribution in [0.25, 0.3) is 0 Å². The molecule has 1 aliphatic heterocycles. The number of piperidine rings is 1. The molecule has 4 nitrogen and oxygen atoms in total. The number of imide groups is 1. The summed E-state index contributed by atoms with van der Waals surface area (Å²) in [6, 6.07) is 9.43. The van der Waals surface area contributed by atoms with Crippen molar-refractivity contribution in [1.29, 1.82) is 0 Å². The molecule has 0 spiro atoms. The van der Waals surface area contributed by atoms with Crippen LogP contribution in [-0.4, -0.2) is 22.5 Å². The zero-order valence-corrected chi connectivity index (χ0v) is 12.3. The van der Waals surface area contributed by atoms with Crippen molar-refractivity contribution in [3.8, 4) is 0 Å². The minimum absolute atomic E-state index is 0.153. The third-order valence-electron chi connectivity index (χ3n) is 3.22. The van der Waals surface area contributed by atoms with E-state index in [1.54, 1.807) is 20.8 Å². The van der Waals surface area contributed by atoms with E-state index in [0.29, 0.717) is 6.42 Å². The van der Waals surface area contributed by atoms with Gasteiger partial charge in [0.15, 0.2) is 0 Å². The number of hydrogen-bond acceptors (Lipinski definition) is 3. The van der Waals surface area contributed by atoms with Gasteiger partial charge in [-0.1, -0.05) is 30.3 Å². The Hall–Kier alpha value is -1.84. The minimum atomic E-state index is -0.601. The van der Waals surface area contributed by atoms with Crippen LogP contribution in [0, 0.1) is 0 Å². The Balaban J connectivity index is 2.25. The maximum Gasteiger partial charge on any atom is 0.417 e. The second-order valence-electron chi connectivity index (χ2n) is 6.06. The second-order valence-corrected chi connectivity index (χ2v) is 6.06. The van der Waals surface area contributed by atoms with Gasteiger partial charge in [0.25, 0.3) is 0 Å². The number of nitrogens with zero attached hydrogens (tertiary/aromatic N) is 1. The van der Waals surface area contributed by atoms with Crippen LogP contribution in [0.4, 0.5) is 4.79 Å². The first-order valence-corrected chi connectivity index (χ1v) is 6.98.